The third-order valence-corrected chi connectivity index (χ3v) is 7.74. The number of likely N-dealkylation sites (N-methyl/N-ethyl adjacent to an activating group) is 1. The summed E-state index contributed by atoms with van der Waals surface area (Å²) in [6.07, 6.45) is 5.44. The number of hydrogen-bond donors (Lipinski definition) is 1. The highest BCUT2D eigenvalue weighted by Gasteiger charge is 2.31. The van der Waals surface area contributed by atoms with E-state index in [2.05, 4.69) is 10.7 Å². The van der Waals surface area contributed by atoms with E-state index in [0.717, 1.165) is 6.42 Å². The first-order valence-corrected chi connectivity index (χ1v) is 10.9. The number of nitrogens with zero attached hydrogens (tertiary/aromatic N) is 1. The summed E-state index contributed by atoms with van der Waals surface area (Å²) in [7, 11) is -1.08. The maximum absolute atomic E-state index is 12.1. The Balaban J connectivity index is 1.49. The molecular weight excluding hydrogens is 332 g/mol. The highest BCUT2D eigenvalue weighted by Crippen LogP contribution is 2.30. The normalized spacial score (nSPS) is 23.0. The smallest absolute Gasteiger partial charge is 0.234 e. The van der Waals surface area contributed by atoms with Crippen LogP contribution in [0.1, 0.15) is 35.3 Å². The van der Waals surface area contributed by atoms with Gasteiger partial charge in [0.15, 0.2) is 9.84 Å². The van der Waals surface area contributed by atoms with E-state index in [9.17, 15) is 13.2 Å². The number of thiophene rings is 1. The molecule has 0 bridgehead atoms. The molecule has 0 saturated carbocycles. The van der Waals surface area contributed by atoms with Crippen LogP contribution in [0.25, 0.3) is 0 Å². The molecule has 0 aromatic carbocycles. The Bertz CT molecular complexity index is 681. The van der Waals surface area contributed by atoms with Crippen LogP contribution in [0.4, 0.5) is 0 Å². The predicted molar refractivity (Wildman–Crippen MR) is 92.5 cm³/mol. The molecular formula is C16H24N2O3S2. The minimum absolute atomic E-state index is 0.0281. The molecule has 1 aromatic heterocycles. The zero-order valence-electron chi connectivity index (χ0n) is 13.5. The molecule has 2 aliphatic rings. The first-order valence-electron chi connectivity index (χ1n) is 8.20. The van der Waals surface area contributed by atoms with E-state index >= 15 is 0 Å². The van der Waals surface area contributed by atoms with Gasteiger partial charge in [0.2, 0.25) is 5.91 Å². The first-order chi connectivity index (χ1) is 10.9. The van der Waals surface area contributed by atoms with Gasteiger partial charge in [0.25, 0.3) is 0 Å². The predicted octanol–water partition coefficient (Wildman–Crippen LogP) is 1.36. The molecule has 2 heterocycles. The van der Waals surface area contributed by atoms with Crippen molar-refractivity contribution < 1.29 is 13.2 Å². The minimum Gasteiger partial charge on any atom is -0.351 e. The molecule has 1 amide bonds. The van der Waals surface area contributed by atoms with Gasteiger partial charge in [0, 0.05) is 17.5 Å². The lowest BCUT2D eigenvalue weighted by Crippen LogP contribution is -2.41. The third-order valence-electron chi connectivity index (χ3n) is 4.85. The van der Waals surface area contributed by atoms with Gasteiger partial charge in [0.05, 0.1) is 18.1 Å². The van der Waals surface area contributed by atoms with Crippen molar-refractivity contribution in [3.8, 4) is 0 Å². The number of carbonyl (C=O) groups excluding carboxylic acids is 1. The van der Waals surface area contributed by atoms with Gasteiger partial charge in [-0.3, -0.25) is 9.69 Å². The van der Waals surface area contributed by atoms with E-state index in [1.54, 1.807) is 0 Å². The van der Waals surface area contributed by atoms with Crippen molar-refractivity contribution in [2.75, 3.05) is 25.1 Å². The highest BCUT2D eigenvalue weighted by atomic mass is 32.2. The Kier molecular flexibility index (Phi) is 5.08. The maximum Gasteiger partial charge on any atom is 0.234 e. The number of rotatable bonds is 5. The van der Waals surface area contributed by atoms with E-state index in [4.69, 9.17) is 0 Å². The third kappa shape index (κ3) is 4.14. The number of amides is 1. The molecule has 3 rings (SSSR count). The molecule has 23 heavy (non-hydrogen) atoms. The van der Waals surface area contributed by atoms with Gasteiger partial charge in [-0.2, -0.15) is 0 Å². The number of hydrogen-bond acceptors (Lipinski definition) is 5. The summed E-state index contributed by atoms with van der Waals surface area (Å²) < 4.78 is 23.0. The fourth-order valence-electron chi connectivity index (χ4n) is 3.44. The molecule has 1 aliphatic carbocycles. The van der Waals surface area contributed by atoms with Crippen LogP contribution in [0, 0.1) is 0 Å². The molecule has 1 fully saturated rings. The summed E-state index contributed by atoms with van der Waals surface area (Å²) >= 11 is 1.81. The van der Waals surface area contributed by atoms with E-state index < -0.39 is 9.84 Å². The monoisotopic (exact) mass is 356 g/mol. The molecule has 1 N–H and O–H groups in total. The Labute approximate surface area is 142 Å². The molecule has 0 unspecified atom stereocenters. The van der Waals surface area contributed by atoms with Crippen LogP contribution in [0.15, 0.2) is 5.38 Å². The second kappa shape index (κ2) is 6.91. The maximum atomic E-state index is 12.1. The Morgan fingerprint density at radius 1 is 1.39 bits per heavy atom. The van der Waals surface area contributed by atoms with Crippen LogP contribution in [-0.2, 0) is 34.0 Å². The molecule has 0 radical (unpaired) electrons. The van der Waals surface area contributed by atoms with Gasteiger partial charge in [-0.05, 0) is 55.7 Å². The molecule has 1 aliphatic heterocycles. The lowest BCUT2D eigenvalue weighted by atomic mass is 9.96. The summed E-state index contributed by atoms with van der Waals surface area (Å²) in [4.78, 5) is 15.5. The molecule has 0 spiro atoms. The van der Waals surface area contributed by atoms with Crippen molar-refractivity contribution in [1.29, 1.82) is 0 Å². The molecule has 128 valence electrons. The molecule has 7 heteroatoms. The summed E-state index contributed by atoms with van der Waals surface area (Å²) in [6, 6.07) is -0.0281. The van der Waals surface area contributed by atoms with E-state index in [-0.39, 0.29) is 30.0 Å². The zero-order valence-corrected chi connectivity index (χ0v) is 15.1. The summed E-state index contributed by atoms with van der Waals surface area (Å²) in [5.74, 6) is 0.381. The van der Waals surface area contributed by atoms with Crippen LogP contribution in [0.5, 0.6) is 0 Å². The standard InChI is InChI=1S/C16H24N2O3S2/c1-18(13-6-7-23(20,21)11-13)9-16(19)17-8-12-10-22-15-5-3-2-4-14(12)15/h10,13H,2-9,11H2,1H3,(H,17,19)/t13-/m1/s1. The van der Waals surface area contributed by atoms with Crippen LogP contribution in [0.2, 0.25) is 0 Å². The van der Waals surface area contributed by atoms with Crippen molar-refractivity contribution in [1.82, 2.24) is 10.2 Å². The Hall–Kier alpha value is -0.920. The molecule has 1 aromatic rings. The fraction of sp³-hybridized carbons (Fsp3) is 0.688. The quantitative estimate of drug-likeness (QED) is 0.865. The van der Waals surface area contributed by atoms with Crippen molar-refractivity contribution in [2.24, 2.45) is 0 Å². The van der Waals surface area contributed by atoms with Crippen molar-refractivity contribution in [2.45, 2.75) is 44.7 Å². The number of carbonyl (C=O) groups is 1. The zero-order chi connectivity index (χ0) is 16.4. The van der Waals surface area contributed by atoms with Crippen molar-refractivity contribution >= 4 is 27.1 Å². The van der Waals surface area contributed by atoms with Gasteiger partial charge in [-0.25, -0.2) is 8.42 Å². The SMILES string of the molecule is CN(CC(=O)NCc1csc2c1CCCC2)[C@@H]1CCS(=O)(=O)C1. The first kappa shape index (κ1) is 16.9. The van der Waals surface area contributed by atoms with Crippen molar-refractivity contribution in [3.05, 3.63) is 21.4 Å². The summed E-state index contributed by atoms with van der Waals surface area (Å²) in [5.41, 5.74) is 2.70. The minimum atomic E-state index is -2.91. The summed E-state index contributed by atoms with van der Waals surface area (Å²) in [5, 5.41) is 5.16. The van der Waals surface area contributed by atoms with Crippen molar-refractivity contribution in [3.63, 3.8) is 0 Å². The number of aryl methyl sites for hydroxylation is 1. The molecule has 5 nitrogen and oxygen atoms in total. The topological polar surface area (TPSA) is 66.5 Å². The van der Waals surface area contributed by atoms with Crippen LogP contribution < -0.4 is 5.32 Å². The largest absolute Gasteiger partial charge is 0.351 e. The number of nitrogens with one attached hydrogen (secondary N) is 1. The average molecular weight is 357 g/mol. The van der Waals surface area contributed by atoms with Crippen LogP contribution in [0.3, 0.4) is 0 Å². The van der Waals surface area contributed by atoms with Gasteiger partial charge in [0.1, 0.15) is 0 Å². The van der Waals surface area contributed by atoms with Gasteiger partial charge >= 0.3 is 0 Å². The second-order valence-corrected chi connectivity index (χ2v) is 9.81. The molecule has 1 atom stereocenters. The van der Waals surface area contributed by atoms with E-state index in [0.29, 0.717) is 13.0 Å². The van der Waals surface area contributed by atoms with E-state index in [1.807, 2.05) is 23.3 Å². The average Bonchev–Trinajstić information content (AvgIpc) is 3.08. The fourth-order valence-corrected chi connectivity index (χ4v) is 6.39. The van der Waals surface area contributed by atoms with Gasteiger partial charge in [-0.15, -0.1) is 11.3 Å². The van der Waals surface area contributed by atoms with Crippen LogP contribution >= 0.6 is 11.3 Å². The molecule has 1 saturated heterocycles. The lowest BCUT2D eigenvalue weighted by molar-refractivity contribution is -0.122. The lowest BCUT2D eigenvalue weighted by Gasteiger charge is -2.22. The van der Waals surface area contributed by atoms with Crippen LogP contribution in [-0.4, -0.2) is 50.4 Å². The Morgan fingerprint density at radius 2 is 2.17 bits per heavy atom. The van der Waals surface area contributed by atoms with Gasteiger partial charge in [-0.1, -0.05) is 0 Å². The summed E-state index contributed by atoms with van der Waals surface area (Å²) in [6.45, 7) is 0.841. The number of sulfone groups is 1. The van der Waals surface area contributed by atoms with Gasteiger partial charge < -0.3 is 5.32 Å². The Morgan fingerprint density at radius 3 is 2.91 bits per heavy atom. The van der Waals surface area contributed by atoms with E-state index in [1.165, 1.54) is 35.3 Å². The highest BCUT2D eigenvalue weighted by molar-refractivity contribution is 7.91. The number of fused-ring (bicyclic) bond motifs is 1. The second-order valence-electron chi connectivity index (χ2n) is 6.62.